The predicted octanol–water partition coefficient (Wildman–Crippen LogP) is 3.68. The van der Waals surface area contributed by atoms with Crippen LogP contribution in [-0.4, -0.2) is 60.4 Å². The number of hydrogen-bond acceptors (Lipinski definition) is 3. The molecule has 2 fully saturated rings. The van der Waals surface area contributed by atoms with Gasteiger partial charge in [0.05, 0.1) is 16.6 Å². The SMILES string of the molecule is O=C(c1ccccc1Cl)N1CCCN(C2CCCN(c3ccccc3)C2=O)CC1. The lowest BCUT2D eigenvalue weighted by Gasteiger charge is -2.38. The van der Waals surface area contributed by atoms with Gasteiger partial charge in [-0.15, -0.1) is 0 Å². The minimum atomic E-state index is -0.112. The molecule has 0 aliphatic carbocycles. The number of nitrogens with zero attached hydrogens (tertiary/aromatic N) is 3. The van der Waals surface area contributed by atoms with Gasteiger partial charge in [0, 0.05) is 38.4 Å². The molecule has 0 spiro atoms. The van der Waals surface area contributed by atoms with Crippen molar-refractivity contribution in [3.05, 3.63) is 65.2 Å². The molecule has 6 heteroatoms. The first kappa shape index (κ1) is 19.9. The summed E-state index contributed by atoms with van der Waals surface area (Å²) >= 11 is 6.21. The van der Waals surface area contributed by atoms with Crippen LogP contribution >= 0.6 is 11.6 Å². The van der Waals surface area contributed by atoms with Gasteiger partial charge >= 0.3 is 0 Å². The molecule has 5 nitrogen and oxygen atoms in total. The third-order valence-corrected chi connectivity index (χ3v) is 6.17. The van der Waals surface area contributed by atoms with Crippen molar-refractivity contribution >= 4 is 29.1 Å². The third kappa shape index (κ3) is 4.31. The molecule has 2 aromatic carbocycles. The summed E-state index contributed by atoms with van der Waals surface area (Å²) in [5.74, 6) is 0.145. The number of carbonyl (C=O) groups is 2. The normalized spacial score (nSPS) is 21.1. The summed E-state index contributed by atoms with van der Waals surface area (Å²) in [5, 5.41) is 0.486. The van der Waals surface area contributed by atoms with E-state index >= 15 is 0 Å². The van der Waals surface area contributed by atoms with E-state index in [4.69, 9.17) is 11.6 Å². The van der Waals surface area contributed by atoms with Crippen molar-refractivity contribution in [2.24, 2.45) is 0 Å². The van der Waals surface area contributed by atoms with E-state index in [2.05, 4.69) is 4.90 Å². The molecule has 0 radical (unpaired) electrons. The summed E-state index contributed by atoms with van der Waals surface area (Å²) in [6.07, 6.45) is 2.72. The van der Waals surface area contributed by atoms with Gasteiger partial charge < -0.3 is 9.80 Å². The minimum Gasteiger partial charge on any atom is -0.337 e. The molecular weight excluding hydrogens is 386 g/mol. The average Bonchev–Trinajstić information content (AvgIpc) is 3.01. The van der Waals surface area contributed by atoms with E-state index in [0.717, 1.165) is 38.0 Å². The van der Waals surface area contributed by atoms with E-state index in [9.17, 15) is 9.59 Å². The van der Waals surface area contributed by atoms with Crippen molar-refractivity contribution < 1.29 is 9.59 Å². The Labute approximate surface area is 176 Å². The number of anilines is 1. The van der Waals surface area contributed by atoms with Gasteiger partial charge in [-0.25, -0.2) is 0 Å². The smallest absolute Gasteiger partial charge is 0.255 e. The molecule has 2 amide bonds. The van der Waals surface area contributed by atoms with Crippen LogP contribution in [0, 0.1) is 0 Å². The van der Waals surface area contributed by atoms with Crippen LogP contribution in [0.3, 0.4) is 0 Å². The molecule has 1 unspecified atom stereocenters. The minimum absolute atomic E-state index is 0.0293. The molecule has 4 rings (SSSR count). The highest BCUT2D eigenvalue weighted by Gasteiger charge is 2.35. The van der Waals surface area contributed by atoms with Gasteiger partial charge in [-0.3, -0.25) is 14.5 Å². The zero-order valence-electron chi connectivity index (χ0n) is 16.5. The third-order valence-electron chi connectivity index (χ3n) is 5.84. The lowest BCUT2D eigenvalue weighted by Crippen LogP contribution is -2.53. The molecule has 1 atom stereocenters. The molecule has 0 aromatic heterocycles. The molecule has 2 aromatic rings. The second kappa shape index (κ2) is 8.97. The largest absolute Gasteiger partial charge is 0.337 e. The molecule has 2 aliphatic rings. The maximum absolute atomic E-state index is 13.2. The van der Waals surface area contributed by atoms with Crippen LogP contribution in [-0.2, 0) is 4.79 Å². The Morgan fingerprint density at radius 2 is 1.62 bits per heavy atom. The van der Waals surface area contributed by atoms with E-state index in [-0.39, 0.29) is 17.9 Å². The summed E-state index contributed by atoms with van der Waals surface area (Å²) in [4.78, 5) is 32.1. The number of benzene rings is 2. The first-order valence-corrected chi connectivity index (χ1v) is 10.7. The highest BCUT2D eigenvalue weighted by Crippen LogP contribution is 2.25. The molecule has 0 N–H and O–H groups in total. The fraction of sp³-hybridized carbons (Fsp3) is 0.391. The first-order chi connectivity index (χ1) is 14.1. The standard InChI is InChI=1S/C23H26ClN3O2/c24-20-11-5-4-10-19(20)22(28)26-14-7-13-25(16-17-26)21-12-6-15-27(23(21)29)18-8-2-1-3-9-18/h1-5,8-11,21H,6-7,12-17H2. The highest BCUT2D eigenvalue weighted by atomic mass is 35.5. The Kier molecular flexibility index (Phi) is 6.16. The molecule has 2 heterocycles. The number of piperidine rings is 1. The highest BCUT2D eigenvalue weighted by molar-refractivity contribution is 6.33. The van der Waals surface area contributed by atoms with E-state index in [1.54, 1.807) is 12.1 Å². The van der Waals surface area contributed by atoms with E-state index < -0.39 is 0 Å². The van der Waals surface area contributed by atoms with Gasteiger partial charge in [0.25, 0.3) is 5.91 Å². The zero-order valence-corrected chi connectivity index (χ0v) is 17.2. The summed E-state index contributed by atoms with van der Waals surface area (Å²) in [7, 11) is 0. The predicted molar refractivity (Wildman–Crippen MR) is 115 cm³/mol. The van der Waals surface area contributed by atoms with E-state index in [1.807, 2.05) is 52.3 Å². The number of rotatable bonds is 3. The fourth-order valence-electron chi connectivity index (χ4n) is 4.32. The zero-order chi connectivity index (χ0) is 20.2. The second-order valence-electron chi connectivity index (χ2n) is 7.65. The van der Waals surface area contributed by atoms with Crippen LogP contribution in [0.5, 0.6) is 0 Å². The van der Waals surface area contributed by atoms with Crippen molar-refractivity contribution in [3.8, 4) is 0 Å². The van der Waals surface area contributed by atoms with Crippen LogP contribution in [0.25, 0.3) is 0 Å². The van der Waals surface area contributed by atoms with Gasteiger partial charge in [0.2, 0.25) is 5.91 Å². The van der Waals surface area contributed by atoms with Gasteiger partial charge in [0.15, 0.2) is 0 Å². The maximum Gasteiger partial charge on any atom is 0.255 e. The Hall–Kier alpha value is -2.37. The lowest BCUT2D eigenvalue weighted by atomic mass is 10.0. The first-order valence-electron chi connectivity index (χ1n) is 10.3. The molecule has 0 bridgehead atoms. The van der Waals surface area contributed by atoms with Gasteiger partial charge in [0.1, 0.15) is 0 Å². The van der Waals surface area contributed by atoms with Crippen molar-refractivity contribution in [2.75, 3.05) is 37.6 Å². The molecular formula is C23H26ClN3O2. The topological polar surface area (TPSA) is 43.9 Å². The number of para-hydroxylation sites is 1. The van der Waals surface area contributed by atoms with Crippen LogP contribution < -0.4 is 4.90 Å². The fourth-order valence-corrected chi connectivity index (χ4v) is 4.53. The Morgan fingerprint density at radius 3 is 2.41 bits per heavy atom. The van der Waals surface area contributed by atoms with Gasteiger partial charge in [-0.05, 0) is 43.5 Å². The molecule has 2 saturated heterocycles. The van der Waals surface area contributed by atoms with E-state index in [1.165, 1.54) is 0 Å². The monoisotopic (exact) mass is 411 g/mol. The van der Waals surface area contributed by atoms with Crippen molar-refractivity contribution in [3.63, 3.8) is 0 Å². The van der Waals surface area contributed by atoms with Gasteiger partial charge in [-0.1, -0.05) is 41.9 Å². The molecule has 29 heavy (non-hydrogen) atoms. The van der Waals surface area contributed by atoms with Crippen LogP contribution in [0.4, 0.5) is 5.69 Å². The molecule has 2 aliphatic heterocycles. The van der Waals surface area contributed by atoms with Crippen molar-refractivity contribution in [1.82, 2.24) is 9.80 Å². The quantitative estimate of drug-likeness (QED) is 0.773. The van der Waals surface area contributed by atoms with Crippen LogP contribution in [0.1, 0.15) is 29.6 Å². The summed E-state index contributed by atoms with van der Waals surface area (Å²) in [6.45, 7) is 3.59. The number of hydrogen-bond donors (Lipinski definition) is 0. The summed E-state index contributed by atoms with van der Waals surface area (Å²) in [6, 6.07) is 17.0. The molecule has 0 saturated carbocycles. The van der Waals surface area contributed by atoms with E-state index in [0.29, 0.717) is 30.2 Å². The van der Waals surface area contributed by atoms with Gasteiger partial charge in [-0.2, -0.15) is 0 Å². The summed E-state index contributed by atoms with van der Waals surface area (Å²) in [5.41, 5.74) is 1.51. The van der Waals surface area contributed by atoms with Crippen LogP contribution in [0.2, 0.25) is 5.02 Å². The van der Waals surface area contributed by atoms with Crippen molar-refractivity contribution in [1.29, 1.82) is 0 Å². The average molecular weight is 412 g/mol. The number of halogens is 1. The second-order valence-corrected chi connectivity index (χ2v) is 8.05. The Morgan fingerprint density at radius 1 is 0.862 bits per heavy atom. The Bertz CT molecular complexity index is 873. The molecule has 152 valence electrons. The van der Waals surface area contributed by atoms with Crippen molar-refractivity contribution in [2.45, 2.75) is 25.3 Å². The number of amides is 2. The maximum atomic E-state index is 13.2. The summed E-state index contributed by atoms with van der Waals surface area (Å²) < 4.78 is 0. The number of carbonyl (C=O) groups excluding carboxylic acids is 2. The Balaban J connectivity index is 1.43. The lowest BCUT2D eigenvalue weighted by molar-refractivity contribution is -0.125. The van der Waals surface area contributed by atoms with Crippen LogP contribution in [0.15, 0.2) is 54.6 Å².